The Labute approximate surface area is 80.9 Å². The number of carbonyl (C=O) groups excluding carboxylic acids is 1. The van der Waals surface area contributed by atoms with Gasteiger partial charge in [-0.25, -0.2) is 0 Å². The first-order chi connectivity index (χ1) is 5.79. The van der Waals surface area contributed by atoms with Crippen molar-refractivity contribution in [2.45, 2.75) is 13.1 Å². The van der Waals surface area contributed by atoms with E-state index in [4.69, 9.17) is 5.73 Å². The van der Waals surface area contributed by atoms with Gasteiger partial charge in [-0.05, 0) is 0 Å². The normalized spacial score (nSPS) is 14.5. The van der Waals surface area contributed by atoms with Crippen molar-refractivity contribution in [3.63, 3.8) is 0 Å². The molecule has 1 aromatic heterocycles. The maximum atomic E-state index is 10.8. The van der Waals surface area contributed by atoms with Crippen molar-refractivity contribution in [1.82, 2.24) is 20.1 Å². The second-order valence-corrected chi connectivity index (χ2v) is 2.63. The quantitative estimate of drug-likeness (QED) is 0.607. The van der Waals surface area contributed by atoms with Gasteiger partial charge in [0.1, 0.15) is 5.82 Å². The third-order valence-corrected chi connectivity index (χ3v) is 1.84. The van der Waals surface area contributed by atoms with E-state index in [1.54, 1.807) is 4.57 Å². The lowest BCUT2D eigenvalue weighted by Crippen LogP contribution is -2.31. The second kappa shape index (κ2) is 3.71. The highest BCUT2D eigenvalue weighted by Crippen LogP contribution is 2.04. The summed E-state index contributed by atoms with van der Waals surface area (Å²) in [6, 6.07) is 0. The standard InChI is InChI=1S/C6H9N5O.ClH/c7-5(12)6-10-9-4-3-8-1-2-11(4)6;/h8H,1-3H2,(H2,7,12);1H. The molecular weight excluding hydrogens is 194 g/mol. The molecule has 1 aliphatic rings. The Bertz CT molecular complexity index is 323. The number of primary amides is 1. The van der Waals surface area contributed by atoms with Crippen LogP contribution in [0.4, 0.5) is 0 Å². The Morgan fingerprint density at radius 3 is 3.00 bits per heavy atom. The van der Waals surface area contributed by atoms with Crippen molar-refractivity contribution < 1.29 is 4.79 Å². The van der Waals surface area contributed by atoms with Crippen LogP contribution in [0.1, 0.15) is 16.4 Å². The van der Waals surface area contributed by atoms with Gasteiger partial charge in [-0.15, -0.1) is 22.6 Å². The van der Waals surface area contributed by atoms with Crippen LogP contribution in [0.5, 0.6) is 0 Å². The largest absolute Gasteiger partial charge is 0.363 e. The van der Waals surface area contributed by atoms with Gasteiger partial charge in [0.25, 0.3) is 5.91 Å². The number of nitrogens with one attached hydrogen (secondary N) is 1. The first-order valence-electron chi connectivity index (χ1n) is 3.71. The SMILES string of the molecule is Cl.NC(=O)c1nnc2n1CCNC2. The Morgan fingerprint density at radius 1 is 1.54 bits per heavy atom. The fourth-order valence-electron chi connectivity index (χ4n) is 1.27. The summed E-state index contributed by atoms with van der Waals surface area (Å²) in [5.41, 5.74) is 5.10. The van der Waals surface area contributed by atoms with Crippen LogP contribution >= 0.6 is 12.4 Å². The van der Waals surface area contributed by atoms with E-state index >= 15 is 0 Å². The summed E-state index contributed by atoms with van der Waals surface area (Å²) < 4.78 is 1.75. The molecule has 0 atom stereocenters. The molecule has 1 aliphatic heterocycles. The van der Waals surface area contributed by atoms with Crippen molar-refractivity contribution in [2.75, 3.05) is 6.54 Å². The maximum absolute atomic E-state index is 10.8. The first-order valence-corrected chi connectivity index (χ1v) is 3.71. The molecule has 0 radical (unpaired) electrons. The summed E-state index contributed by atoms with van der Waals surface area (Å²) >= 11 is 0. The fraction of sp³-hybridized carbons (Fsp3) is 0.500. The molecule has 3 N–H and O–H groups in total. The summed E-state index contributed by atoms with van der Waals surface area (Å²) in [6.07, 6.45) is 0. The van der Waals surface area contributed by atoms with Crippen LogP contribution < -0.4 is 11.1 Å². The van der Waals surface area contributed by atoms with E-state index in [1.165, 1.54) is 0 Å². The number of nitrogens with two attached hydrogens (primary N) is 1. The predicted octanol–water partition coefficient (Wildman–Crippen LogP) is -1.10. The Balaban J connectivity index is 0.000000845. The highest BCUT2D eigenvalue weighted by Gasteiger charge is 2.17. The van der Waals surface area contributed by atoms with Gasteiger partial charge < -0.3 is 15.6 Å². The number of carbonyl (C=O) groups is 1. The van der Waals surface area contributed by atoms with Gasteiger partial charge in [-0.3, -0.25) is 4.79 Å². The smallest absolute Gasteiger partial charge is 0.286 e. The maximum Gasteiger partial charge on any atom is 0.286 e. The second-order valence-electron chi connectivity index (χ2n) is 2.63. The molecule has 0 fully saturated rings. The lowest BCUT2D eigenvalue weighted by atomic mass is 10.4. The molecular formula is C6H10ClN5O. The van der Waals surface area contributed by atoms with Gasteiger partial charge in [0.05, 0.1) is 6.54 Å². The molecule has 2 heterocycles. The summed E-state index contributed by atoms with van der Waals surface area (Å²) in [4.78, 5) is 10.8. The van der Waals surface area contributed by atoms with Crippen molar-refractivity contribution in [3.05, 3.63) is 11.6 Å². The molecule has 2 rings (SSSR count). The van der Waals surface area contributed by atoms with E-state index in [0.717, 1.165) is 12.4 Å². The molecule has 0 unspecified atom stereocenters. The number of halogens is 1. The van der Waals surface area contributed by atoms with Crippen molar-refractivity contribution in [3.8, 4) is 0 Å². The Hall–Kier alpha value is -1.14. The van der Waals surface area contributed by atoms with E-state index < -0.39 is 5.91 Å². The molecule has 72 valence electrons. The van der Waals surface area contributed by atoms with Crippen LogP contribution in [0.15, 0.2) is 0 Å². The number of nitrogens with zero attached hydrogens (tertiary/aromatic N) is 3. The average Bonchev–Trinajstić information content (AvgIpc) is 2.47. The lowest BCUT2D eigenvalue weighted by Gasteiger charge is -2.14. The number of aromatic nitrogens is 3. The zero-order valence-corrected chi connectivity index (χ0v) is 7.67. The highest BCUT2D eigenvalue weighted by molar-refractivity contribution is 5.89. The first kappa shape index (κ1) is 9.94. The van der Waals surface area contributed by atoms with Crippen LogP contribution in [0.3, 0.4) is 0 Å². The number of hydrogen-bond acceptors (Lipinski definition) is 4. The highest BCUT2D eigenvalue weighted by atomic mass is 35.5. The van der Waals surface area contributed by atoms with E-state index in [2.05, 4.69) is 15.5 Å². The molecule has 0 aromatic carbocycles. The molecule has 0 aliphatic carbocycles. The minimum atomic E-state index is -0.518. The molecule has 13 heavy (non-hydrogen) atoms. The molecule has 7 heteroatoms. The molecule has 1 amide bonds. The van der Waals surface area contributed by atoms with E-state index in [9.17, 15) is 4.79 Å². The zero-order valence-electron chi connectivity index (χ0n) is 6.86. The van der Waals surface area contributed by atoms with Crippen LogP contribution in [-0.2, 0) is 13.1 Å². The van der Waals surface area contributed by atoms with Gasteiger partial charge in [-0.2, -0.15) is 0 Å². The number of fused-ring (bicyclic) bond motifs is 1. The lowest BCUT2D eigenvalue weighted by molar-refractivity contribution is 0.0985. The molecule has 0 spiro atoms. The van der Waals surface area contributed by atoms with Crippen LogP contribution in [0.2, 0.25) is 0 Å². The minimum absolute atomic E-state index is 0. The predicted molar refractivity (Wildman–Crippen MR) is 47.5 cm³/mol. The van der Waals surface area contributed by atoms with Crippen molar-refractivity contribution >= 4 is 18.3 Å². The van der Waals surface area contributed by atoms with E-state index in [0.29, 0.717) is 13.1 Å². The number of rotatable bonds is 1. The Kier molecular flexibility index (Phi) is 2.84. The topological polar surface area (TPSA) is 85.8 Å². The third-order valence-electron chi connectivity index (χ3n) is 1.84. The van der Waals surface area contributed by atoms with Crippen LogP contribution in [-0.4, -0.2) is 27.2 Å². The van der Waals surface area contributed by atoms with Gasteiger partial charge in [0.2, 0.25) is 5.82 Å². The Morgan fingerprint density at radius 2 is 2.31 bits per heavy atom. The van der Waals surface area contributed by atoms with Gasteiger partial charge >= 0.3 is 0 Å². The molecule has 6 nitrogen and oxygen atoms in total. The van der Waals surface area contributed by atoms with Crippen molar-refractivity contribution in [2.24, 2.45) is 5.73 Å². The number of hydrogen-bond donors (Lipinski definition) is 2. The molecule has 0 bridgehead atoms. The van der Waals surface area contributed by atoms with Gasteiger partial charge in [0.15, 0.2) is 0 Å². The zero-order chi connectivity index (χ0) is 8.55. The van der Waals surface area contributed by atoms with Gasteiger partial charge in [0, 0.05) is 13.1 Å². The van der Waals surface area contributed by atoms with Gasteiger partial charge in [-0.1, -0.05) is 0 Å². The molecule has 0 saturated heterocycles. The fourth-order valence-corrected chi connectivity index (χ4v) is 1.27. The summed E-state index contributed by atoms with van der Waals surface area (Å²) in [5, 5.41) is 10.6. The third kappa shape index (κ3) is 1.63. The summed E-state index contributed by atoms with van der Waals surface area (Å²) in [5.74, 6) is 0.511. The minimum Gasteiger partial charge on any atom is -0.363 e. The van der Waals surface area contributed by atoms with E-state index in [-0.39, 0.29) is 18.2 Å². The average molecular weight is 204 g/mol. The summed E-state index contributed by atoms with van der Waals surface area (Å²) in [7, 11) is 0. The van der Waals surface area contributed by atoms with Crippen LogP contribution in [0.25, 0.3) is 0 Å². The number of amides is 1. The summed E-state index contributed by atoms with van der Waals surface area (Å²) in [6.45, 7) is 2.19. The van der Waals surface area contributed by atoms with Crippen molar-refractivity contribution in [1.29, 1.82) is 0 Å². The van der Waals surface area contributed by atoms with Crippen LogP contribution in [0, 0.1) is 0 Å². The monoisotopic (exact) mass is 203 g/mol. The van der Waals surface area contributed by atoms with E-state index in [1.807, 2.05) is 0 Å². The molecule has 0 saturated carbocycles. The molecule has 1 aromatic rings.